The van der Waals surface area contributed by atoms with Crippen LogP contribution in [0.1, 0.15) is 12.5 Å². The molecule has 0 bridgehead atoms. The Morgan fingerprint density at radius 3 is 2.24 bits per heavy atom. The first-order chi connectivity index (χ1) is 7.43. The highest BCUT2D eigenvalue weighted by Crippen LogP contribution is 2.31. The van der Waals surface area contributed by atoms with Crippen LogP contribution in [0.3, 0.4) is 0 Å². The maximum atomic E-state index is 11.0. The van der Waals surface area contributed by atoms with Gasteiger partial charge in [0.15, 0.2) is 11.5 Å². The molecule has 6 heteroatoms. The van der Waals surface area contributed by atoms with Gasteiger partial charge in [-0.3, -0.25) is 0 Å². The van der Waals surface area contributed by atoms with Gasteiger partial charge in [-0.05, 0) is 24.6 Å². The number of hydrogen-bond donors (Lipinski definition) is 2. The Balaban J connectivity index is 0.00000256. The summed E-state index contributed by atoms with van der Waals surface area (Å²) in [4.78, 5) is 11.0. The second-order valence-corrected chi connectivity index (χ2v) is 3.58. The minimum Gasteiger partial charge on any atom is -0.493 e. The maximum absolute atomic E-state index is 11.0. The number of aliphatic carboxylic acids is 1. The molecule has 1 rings (SSSR count). The summed E-state index contributed by atoms with van der Waals surface area (Å²) in [5, 5.41) is 8.99. The first kappa shape index (κ1) is 15.5. The molecule has 96 valence electrons. The molecule has 0 radical (unpaired) electrons. The third-order valence-corrected chi connectivity index (χ3v) is 2.43. The van der Waals surface area contributed by atoms with Crippen molar-refractivity contribution in [2.24, 2.45) is 5.73 Å². The van der Waals surface area contributed by atoms with Gasteiger partial charge < -0.3 is 20.3 Å². The topological polar surface area (TPSA) is 81.8 Å². The molecule has 0 saturated carbocycles. The Bertz CT molecular complexity index is 406. The van der Waals surface area contributed by atoms with Gasteiger partial charge >= 0.3 is 5.97 Å². The highest BCUT2D eigenvalue weighted by atomic mass is 35.5. The van der Waals surface area contributed by atoms with Gasteiger partial charge in [0.05, 0.1) is 14.2 Å². The number of carboxylic acid groups (broad SMARTS) is 1. The predicted octanol–water partition coefficient (Wildman–Crippen LogP) is 1.38. The van der Waals surface area contributed by atoms with Crippen LogP contribution in [0, 0.1) is 0 Å². The Morgan fingerprint density at radius 2 is 1.82 bits per heavy atom. The van der Waals surface area contributed by atoms with Crippen molar-refractivity contribution in [3.8, 4) is 11.5 Å². The van der Waals surface area contributed by atoms with Crippen molar-refractivity contribution in [3.05, 3.63) is 23.8 Å². The monoisotopic (exact) mass is 261 g/mol. The molecular formula is C11H16ClNO4. The fourth-order valence-electron chi connectivity index (χ4n) is 1.28. The van der Waals surface area contributed by atoms with Crippen molar-refractivity contribution < 1.29 is 19.4 Å². The lowest BCUT2D eigenvalue weighted by molar-refractivity contribution is -0.143. The van der Waals surface area contributed by atoms with Gasteiger partial charge in [-0.1, -0.05) is 6.07 Å². The zero-order chi connectivity index (χ0) is 12.3. The van der Waals surface area contributed by atoms with E-state index in [0.717, 1.165) is 0 Å². The smallest absolute Gasteiger partial charge is 0.328 e. The van der Waals surface area contributed by atoms with Crippen molar-refractivity contribution >= 4 is 18.4 Å². The minimum absolute atomic E-state index is 0. The van der Waals surface area contributed by atoms with Crippen LogP contribution >= 0.6 is 12.4 Å². The highest BCUT2D eigenvalue weighted by molar-refractivity contribution is 5.85. The van der Waals surface area contributed by atoms with Crippen molar-refractivity contribution in [1.82, 2.24) is 0 Å². The average molecular weight is 262 g/mol. The Morgan fingerprint density at radius 1 is 1.29 bits per heavy atom. The van der Waals surface area contributed by atoms with Gasteiger partial charge in [-0.2, -0.15) is 0 Å². The van der Waals surface area contributed by atoms with Gasteiger partial charge in [0.2, 0.25) is 0 Å². The molecule has 0 aromatic heterocycles. The van der Waals surface area contributed by atoms with Crippen LogP contribution in [-0.4, -0.2) is 25.3 Å². The normalized spacial score (nSPS) is 13.2. The summed E-state index contributed by atoms with van der Waals surface area (Å²) in [5.74, 6) is -0.106. The van der Waals surface area contributed by atoms with E-state index in [1.165, 1.54) is 21.1 Å². The lowest BCUT2D eigenvalue weighted by atomic mass is 9.93. The molecular weight excluding hydrogens is 246 g/mol. The minimum atomic E-state index is -1.44. The second-order valence-electron chi connectivity index (χ2n) is 3.58. The molecule has 0 amide bonds. The van der Waals surface area contributed by atoms with Crippen LogP contribution in [0.2, 0.25) is 0 Å². The SMILES string of the molecule is COc1ccc(C(C)(N)C(=O)O)cc1OC.Cl. The van der Waals surface area contributed by atoms with E-state index in [2.05, 4.69) is 0 Å². The summed E-state index contributed by atoms with van der Waals surface area (Å²) >= 11 is 0. The number of benzene rings is 1. The number of methoxy groups -OCH3 is 2. The maximum Gasteiger partial charge on any atom is 0.328 e. The summed E-state index contributed by atoms with van der Waals surface area (Å²) in [6.45, 7) is 1.43. The summed E-state index contributed by atoms with van der Waals surface area (Å²) in [6, 6.07) is 4.80. The van der Waals surface area contributed by atoms with Crippen LogP contribution in [0.15, 0.2) is 18.2 Å². The van der Waals surface area contributed by atoms with Crippen molar-refractivity contribution in [3.63, 3.8) is 0 Å². The van der Waals surface area contributed by atoms with E-state index in [1.54, 1.807) is 18.2 Å². The van der Waals surface area contributed by atoms with Crippen LogP contribution in [0.4, 0.5) is 0 Å². The number of ether oxygens (including phenoxy) is 2. The summed E-state index contributed by atoms with van der Waals surface area (Å²) in [7, 11) is 2.99. The van der Waals surface area contributed by atoms with Gasteiger partial charge in [-0.15, -0.1) is 12.4 Å². The third kappa shape index (κ3) is 3.01. The van der Waals surface area contributed by atoms with E-state index >= 15 is 0 Å². The zero-order valence-electron chi connectivity index (χ0n) is 9.89. The van der Waals surface area contributed by atoms with Gasteiger partial charge in [0.1, 0.15) is 5.54 Å². The molecule has 3 N–H and O–H groups in total. The largest absolute Gasteiger partial charge is 0.493 e. The van der Waals surface area contributed by atoms with E-state index in [-0.39, 0.29) is 12.4 Å². The standard InChI is InChI=1S/C11H15NO4.ClH/c1-11(12,10(13)14)7-4-5-8(15-2)9(6-7)16-3;/h4-6H,12H2,1-3H3,(H,13,14);1H. The molecule has 1 aromatic rings. The molecule has 0 heterocycles. The Hall–Kier alpha value is -1.46. The lowest BCUT2D eigenvalue weighted by Gasteiger charge is -2.20. The number of carbonyl (C=O) groups is 1. The molecule has 0 aliphatic heterocycles. The van der Waals surface area contributed by atoms with Crippen LogP contribution in [-0.2, 0) is 10.3 Å². The molecule has 1 unspecified atom stereocenters. The van der Waals surface area contributed by atoms with Crippen molar-refractivity contribution in [2.75, 3.05) is 14.2 Å². The van der Waals surface area contributed by atoms with E-state index in [0.29, 0.717) is 17.1 Å². The van der Waals surface area contributed by atoms with Crippen LogP contribution in [0.5, 0.6) is 11.5 Å². The lowest BCUT2D eigenvalue weighted by Crippen LogP contribution is -2.41. The van der Waals surface area contributed by atoms with Crippen molar-refractivity contribution in [1.29, 1.82) is 0 Å². The van der Waals surface area contributed by atoms with Gasteiger partial charge in [0, 0.05) is 0 Å². The first-order valence-corrected chi connectivity index (χ1v) is 4.68. The molecule has 0 aliphatic carbocycles. The average Bonchev–Trinajstić information content (AvgIpc) is 2.27. The number of rotatable bonds is 4. The third-order valence-electron chi connectivity index (χ3n) is 2.43. The molecule has 0 spiro atoms. The zero-order valence-corrected chi connectivity index (χ0v) is 10.7. The van der Waals surface area contributed by atoms with Crippen molar-refractivity contribution in [2.45, 2.75) is 12.5 Å². The van der Waals surface area contributed by atoms with Crippen LogP contribution < -0.4 is 15.2 Å². The van der Waals surface area contributed by atoms with Gasteiger partial charge in [-0.25, -0.2) is 4.79 Å². The molecule has 17 heavy (non-hydrogen) atoms. The molecule has 1 atom stereocenters. The van der Waals surface area contributed by atoms with E-state index in [4.69, 9.17) is 20.3 Å². The molecule has 1 aromatic carbocycles. The molecule has 0 saturated heterocycles. The van der Waals surface area contributed by atoms with E-state index < -0.39 is 11.5 Å². The van der Waals surface area contributed by atoms with Gasteiger partial charge in [0.25, 0.3) is 0 Å². The predicted molar refractivity (Wildman–Crippen MR) is 66.0 cm³/mol. The fraction of sp³-hybridized carbons (Fsp3) is 0.364. The van der Waals surface area contributed by atoms with E-state index in [9.17, 15) is 4.79 Å². The second kappa shape index (κ2) is 5.75. The summed E-state index contributed by atoms with van der Waals surface area (Å²) < 4.78 is 10.1. The molecule has 5 nitrogen and oxygen atoms in total. The number of halogens is 1. The number of hydrogen-bond acceptors (Lipinski definition) is 4. The number of carboxylic acids is 1. The highest BCUT2D eigenvalue weighted by Gasteiger charge is 2.31. The first-order valence-electron chi connectivity index (χ1n) is 4.68. The van der Waals surface area contributed by atoms with Crippen LogP contribution in [0.25, 0.3) is 0 Å². The summed E-state index contributed by atoms with van der Waals surface area (Å²) in [5.41, 5.74) is 4.71. The molecule has 0 aliphatic rings. The quantitative estimate of drug-likeness (QED) is 0.856. The van der Waals surface area contributed by atoms with E-state index in [1.807, 2.05) is 0 Å². The molecule has 0 fully saturated rings. The summed E-state index contributed by atoms with van der Waals surface area (Å²) in [6.07, 6.45) is 0. The number of nitrogens with two attached hydrogens (primary N) is 1. The Labute approximate surface area is 106 Å². The fourth-order valence-corrected chi connectivity index (χ4v) is 1.28. The Kier molecular flexibility index (Phi) is 5.25.